The Hall–Kier alpha value is -2.64. The molecular formula is C20H26N4O3. The van der Waals surface area contributed by atoms with Gasteiger partial charge in [-0.2, -0.15) is 0 Å². The van der Waals surface area contributed by atoms with Gasteiger partial charge in [0.05, 0.1) is 17.8 Å². The number of rotatable bonds is 6. The van der Waals surface area contributed by atoms with Gasteiger partial charge in [-0.15, -0.1) is 0 Å². The molecular weight excluding hydrogens is 344 g/mol. The van der Waals surface area contributed by atoms with Crippen LogP contribution in [0, 0.1) is 0 Å². The molecule has 3 rings (SSSR count). The number of nitrogens with one attached hydrogen (secondary N) is 1. The van der Waals surface area contributed by atoms with Gasteiger partial charge in [-0.3, -0.25) is 4.79 Å². The van der Waals surface area contributed by atoms with Gasteiger partial charge >= 0.3 is 0 Å². The zero-order valence-electron chi connectivity index (χ0n) is 15.7. The van der Waals surface area contributed by atoms with Crippen molar-refractivity contribution in [2.75, 3.05) is 36.5 Å². The zero-order valence-corrected chi connectivity index (χ0v) is 15.7. The summed E-state index contributed by atoms with van der Waals surface area (Å²) in [7, 11) is 0. The lowest BCUT2D eigenvalue weighted by Crippen LogP contribution is -2.45. The third-order valence-corrected chi connectivity index (χ3v) is 4.25. The van der Waals surface area contributed by atoms with E-state index in [2.05, 4.69) is 29.0 Å². The van der Waals surface area contributed by atoms with Crippen LogP contribution in [0.2, 0.25) is 0 Å². The summed E-state index contributed by atoms with van der Waals surface area (Å²) in [4.78, 5) is 19.1. The highest BCUT2D eigenvalue weighted by Crippen LogP contribution is 2.20. The summed E-state index contributed by atoms with van der Waals surface area (Å²) >= 11 is 0. The summed E-state index contributed by atoms with van der Waals surface area (Å²) in [6, 6.07) is 10.9. The van der Waals surface area contributed by atoms with Gasteiger partial charge in [0.25, 0.3) is 5.91 Å². The normalized spacial score (nSPS) is 19.6. The molecule has 0 aliphatic carbocycles. The molecule has 1 amide bonds. The molecule has 0 spiro atoms. The van der Waals surface area contributed by atoms with E-state index in [0.29, 0.717) is 24.4 Å². The number of hydrogen-bond donors (Lipinski definition) is 2. The number of carbonyl (C=O) groups is 1. The summed E-state index contributed by atoms with van der Waals surface area (Å²) in [6.45, 7) is 6.62. The second kappa shape index (κ2) is 8.83. The van der Waals surface area contributed by atoms with E-state index in [1.807, 2.05) is 6.07 Å². The molecule has 0 saturated carbocycles. The monoisotopic (exact) mass is 370 g/mol. The number of nitrogens with zero attached hydrogens (tertiary/aromatic N) is 2. The largest absolute Gasteiger partial charge is 0.492 e. The van der Waals surface area contributed by atoms with Crippen molar-refractivity contribution in [2.45, 2.75) is 26.1 Å². The fourth-order valence-electron chi connectivity index (χ4n) is 3.09. The minimum atomic E-state index is -0.201. The van der Waals surface area contributed by atoms with Gasteiger partial charge in [-0.1, -0.05) is 0 Å². The molecule has 0 radical (unpaired) electrons. The van der Waals surface area contributed by atoms with E-state index in [1.54, 1.807) is 36.5 Å². The SMILES string of the molecule is CC1CN(c2ccc(C(=O)Nc3ccc(OCCN)cc3)cn2)CC(C)O1. The number of pyridine rings is 1. The second-order valence-electron chi connectivity index (χ2n) is 6.68. The Morgan fingerprint density at radius 2 is 1.93 bits per heavy atom. The number of nitrogens with two attached hydrogens (primary N) is 1. The number of ether oxygens (including phenoxy) is 2. The minimum absolute atomic E-state index is 0.162. The molecule has 1 aliphatic rings. The Labute approximate surface area is 159 Å². The number of morpholine rings is 1. The zero-order chi connectivity index (χ0) is 19.2. The van der Waals surface area contributed by atoms with Crippen LogP contribution >= 0.6 is 0 Å². The Morgan fingerprint density at radius 3 is 2.52 bits per heavy atom. The number of amides is 1. The average Bonchev–Trinajstić information content (AvgIpc) is 2.67. The maximum absolute atomic E-state index is 12.4. The number of anilines is 2. The molecule has 1 fully saturated rings. The molecule has 7 heteroatoms. The van der Waals surface area contributed by atoms with Crippen molar-refractivity contribution >= 4 is 17.4 Å². The Bertz CT molecular complexity index is 739. The first-order valence-electron chi connectivity index (χ1n) is 9.16. The first-order chi connectivity index (χ1) is 13.0. The molecule has 2 heterocycles. The van der Waals surface area contributed by atoms with Crippen LogP contribution in [-0.4, -0.2) is 49.3 Å². The van der Waals surface area contributed by atoms with Gasteiger partial charge in [-0.25, -0.2) is 4.98 Å². The average molecular weight is 370 g/mol. The number of benzene rings is 1. The van der Waals surface area contributed by atoms with Crippen LogP contribution in [0.25, 0.3) is 0 Å². The number of hydrogen-bond acceptors (Lipinski definition) is 6. The molecule has 2 unspecified atom stereocenters. The van der Waals surface area contributed by atoms with Crippen molar-refractivity contribution in [1.29, 1.82) is 0 Å². The van der Waals surface area contributed by atoms with Crippen LogP contribution < -0.4 is 20.7 Å². The lowest BCUT2D eigenvalue weighted by atomic mass is 10.2. The van der Waals surface area contributed by atoms with Crippen molar-refractivity contribution in [3.05, 3.63) is 48.2 Å². The number of carbonyl (C=O) groups excluding carboxylic acids is 1. The van der Waals surface area contributed by atoms with E-state index in [1.165, 1.54) is 0 Å². The molecule has 2 aromatic rings. The van der Waals surface area contributed by atoms with Crippen molar-refractivity contribution in [3.8, 4) is 5.75 Å². The molecule has 2 atom stereocenters. The fourth-order valence-corrected chi connectivity index (χ4v) is 3.09. The van der Waals surface area contributed by atoms with Gasteiger partial charge in [0.15, 0.2) is 0 Å². The maximum atomic E-state index is 12.4. The van der Waals surface area contributed by atoms with E-state index in [-0.39, 0.29) is 18.1 Å². The van der Waals surface area contributed by atoms with Crippen LogP contribution in [0.15, 0.2) is 42.6 Å². The first kappa shape index (κ1) is 19.1. The third-order valence-electron chi connectivity index (χ3n) is 4.25. The highest BCUT2D eigenvalue weighted by Gasteiger charge is 2.23. The maximum Gasteiger partial charge on any atom is 0.257 e. The molecule has 144 valence electrons. The van der Waals surface area contributed by atoms with Crippen LogP contribution in [0.4, 0.5) is 11.5 Å². The Kier molecular flexibility index (Phi) is 6.26. The van der Waals surface area contributed by atoms with Crippen molar-refractivity contribution in [2.24, 2.45) is 5.73 Å². The fraction of sp³-hybridized carbons (Fsp3) is 0.400. The quantitative estimate of drug-likeness (QED) is 0.811. The predicted octanol–water partition coefficient (Wildman–Crippen LogP) is 2.29. The van der Waals surface area contributed by atoms with Gasteiger partial charge in [0, 0.05) is 31.5 Å². The van der Waals surface area contributed by atoms with E-state index in [0.717, 1.165) is 24.7 Å². The highest BCUT2D eigenvalue weighted by molar-refractivity contribution is 6.04. The van der Waals surface area contributed by atoms with Crippen LogP contribution in [0.1, 0.15) is 24.2 Å². The molecule has 7 nitrogen and oxygen atoms in total. The van der Waals surface area contributed by atoms with E-state index < -0.39 is 0 Å². The lowest BCUT2D eigenvalue weighted by molar-refractivity contribution is -0.00546. The van der Waals surface area contributed by atoms with Gasteiger partial charge < -0.3 is 25.4 Å². The number of aromatic nitrogens is 1. The molecule has 1 aromatic carbocycles. The minimum Gasteiger partial charge on any atom is -0.492 e. The van der Waals surface area contributed by atoms with Gasteiger partial charge in [-0.05, 0) is 50.2 Å². The summed E-state index contributed by atoms with van der Waals surface area (Å²) in [6.07, 6.45) is 1.93. The lowest BCUT2D eigenvalue weighted by Gasteiger charge is -2.36. The molecule has 1 aliphatic heterocycles. The van der Waals surface area contributed by atoms with Crippen molar-refractivity contribution in [1.82, 2.24) is 4.98 Å². The van der Waals surface area contributed by atoms with E-state index in [4.69, 9.17) is 15.2 Å². The van der Waals surface area contributed by atoms with Crippen molar-refractivity contribution < 1.29 is 14.3 Å². The van der Waals surface area contributed by atoms with Gasteiger partial charge in [0.1, 0.15) is 18.2 Å². The molecule has 27 heavy (non-hydrogen) atoms. The van der Waals surface area contributed by atoms with Crippen LogP contribution in [0.3, 0.4) is 0 Å². The van der Waals surface area contributed by atoms with Gasteiger partial charge in [0.2, 0.25) is 0 Å². The topological polar surface area (TPSA) is 89.7 Å². The van der Waals surface area contributed by atoms with Crippen LogP contribution in [0.5, 0.6) is 5.75 Å². The van der Waals surface area contributed by atoms with Crippen LogP contribution in [-0.2, 0) is 4.74 Å². The highest BCUT2D eigenvalue weighted by atomic mass is 16.5. The van der Waals surface area contributed by atoms with E-state index >= 15 is 0 Å². The Balaban J connectivity index is 1.60. The standard InChI is InChI=1S/C20H26N4O3/c1-14-12-24(13-15(2)27-14)19-8-3-16(11-22-19)20(25)23-17-4-6-18(7-5-17)26-10-9-21/h3-8,11,14-15H,9-10,12-13,21H2,1-2H3,(H,23,25). The smallest absolute Gasteiger partial charge is 0.257 e. The second-order valence-corrected chi connectivity index (χ2v) is 6.68. The summed E-state index contributed by atoms with van der Waals surface area (Å²) in [5.41, 5.74) is 6.62. The summed E-state index contributed by atoms with van der Waals surface area (Å²) in [5, 5.41) is 2.86. The molecule has 3 N–H and O–H groups in total. The third kappa shape index (κ3) is 5.18. The predicted molar refractivity (Wildman–Crippen MR) is 105 cm³/mol. The molecule has 1 aromatic heterocycles. The van der Waals surface area contributed by atoms with Crippen molar-refractivity contribution in [3.63, 3.8) is 0 Å². The first-order valence-corrected chi connectivity index (χ1v) is 9.16. The van der Waals surface area contributed by atoms with E-state index in [9.17, 15) is 4.79 Å². The summed E-state index contributed by atoms with van der Waals surface area (Å²) < 4.78 is 11.2. The Morgan fingerprint density at radius 1 is 1.22 bits per heavy atom. The molecule has 0 bridgehead atoms. The summed E-state index contributed by atoms with van der Waals surface area (Å²) in [5.74, 6) is 1.38. The molecule has 1 saturated heterocycles.